The zero-order chi connectivity index (χ0) is 18.5. The van der Waals surface area contributed by atoms with E-state index in [0.717, 1.165) is 59.2 Å². The lowest BCUT2D eigenvalue weighted by Gasteiger charge is -2.20. The summed E-state index contributed by atoms with van der Waals surface area (Å²) in [7, 11) is 1.92. The van der Waals surface area contributed by atoms with Crippen LogP contribution in [0.1, 0.15) is 30.0 Å². The van der Waals surface area contributed by atoms with E-state index in [1.807, 2.05) is 41.6 Å². The van der Waals surface area contributed by atoms with Crippen LogP contribution in [0.2, 0.25) is 0 Å². The highest BCUT2D eigenvalue weighted by atomic mass is 19.1. The molecule has 1 aliphatic heterocycles. The predicted octanol–water partition coefficient (Wildman–Crippen LogP) is 3.80. The highest BCUT2D eigenvalue weighted by Crippen LogP contribution is 2.30. The molecule has 0 aliphatic carbocycles. The third-order valence-electron chi connectivity index (χ3n) is 5.53. The number of benzene rings is 1. The van der Waals surface area contributed by atoms with Crippen molar-refractivity contribution in [1.82, 2.24) is 24.5 Å². The number of rotatable bonds is 2. The van der Waals surface area contributed by atoms with E-state index in [-0.39, 0.29) is 5.82 Å². The largest absolute Gasteiger partial charge is 0.317 e. The van der Waals surface area contributed by atoms with Gasteiger partial charge < -0.3 is 9.72 Å². The van der Waals surface area contributed by atoms with Gasteiger partial charge in [0, 0.05) is 42.5 Å². The Kier molecular flexibility index (Phi) is 3.75. The first kappa shape index (κ1) is 16.4. The Morgan fingerprint density at radius 2 is 1.89 bits per heavy atom. The molecule has 1 aromatic carbocycles. The third kappa shape index (κ3) is 2.80. The van der Waals surface area contributed by atoms with Gasteiger partial charge in [-0.25, -0.2) is 9.37 Å². The van der Waals surface area contributed by atoms with Gasteiger partial charge in [0.15, 0.2) is 11.5 Å². The van der Waals surface area contributed by atoms with Crippen LogP contribution in [0.4, 0.5) is 4.39 Å². The molecule has 1 aliphatic rings. The lowest BCUT2D eigenvalue weighted by molar-refractivity contribution is 0.454. The maximum Gasteiger partial charge on any atom is 0.173 e. The molecule has 5 nitrogen and oxygen atoms in total. The number of piperidine rings is 1. The van der Waals surface area contributed by atoms with Crippen molar-refractivity contribution in [1.29, 1.82) is 0 Å². The molecule has 1 N–H and O–H groups in total. The molecule has 0 bridgehead atoms. The summed E-state index contributed by atoms with van der Waals surface area (Å²) in [4.78, 5) is 4.59. The van der Waals surface area contributed by atoms with Gasteiger partial charge in [0.1, 0.15) is 0 Å². The number of nitrogens with zero attached hydrogens (tertiary/aromatic N) is 4. The van der Waals surface area contributed by atoms with Gasteiger partial charge >= 0.3 is 0 Å². The van der Waals surface area contributed by atoms with Crippen LogP contribution in [0.5, 0.6) is 0 Å². The van der Waals surface area contributed by atoms with Gasteiger partial charge in [-0.1, -0.05) is 0 Å². The van der Waals surface area contributed by atoms with Crippen molar-refractivity contribution in [3.05, 3.63) is 53.9 Å². The lowest BCUT2D eigenvalue weighted by atomic mass is 9.95. The van der Waals surface area contributed by atoms with E-state index in [4.69, 9.17) is 0 Å². The van der Waals surface area contributed by atoms with Crippen LogP contribution in [-0.2, 0) is 7.05 Å². The maximum atomic E-state index is 14.8. The van der Waals surface area contributed by atoms with Crippen LogP contribution in [0.3, 0.4) is 0 Å². The molecular weight excluding hydrogens is 341 g/mol. The topological polar surface area (TPSA) is 47.2 Å². The summed E-state index contributed by atoms with van der Waals surface area (Å²) in [5, 5.41) is 8.92. The fourth-order valence-corrected chi connectivity index (χ4v) is 4.14. The molecule has 4 aromatic rings. The van der Waals surface area contributed by atoms with Crippen LogP contribution in [0, 0.1) is 12.7 Å². The number of nitrogens with one attached hydrogen (secondary N) is 1. The van der Waals surface area contributed by atoms with Crippen LogP contribution in [-0.4, -0.2) is 32.3 Å². The van der Waals surface area contributed by atoms with E-state index >= 15 is 0 Å². The molecule has 0 amide bonds. The number of hydrogen-bond donors (Lipinski definition) is 1. The first-order valence-corrected chi connectivity index (χ1v) is 9.42. The number of aromatic nitrogens is 4. The molecule has 0 atom stereocenters. The van der Waals surface area contributed by atoms with E-state index in [0.29, 0.717) is 11.6 Å². The van der Waals surface area contributed by atoms with E-state index in [1.54, 1.807) is 6.07 Å². The van der Waals surface area contributed by atoms with Crippen molar-refractivity contribution in [3.63, 3.8) is 0 Å². The SMILES string of the molecule is Cc1cc(-c2cc(F)c3nc(C4CCNCC4)cn3c2)cc2cn(C)nc12. The number of aryl methyl sites for hydroxylation is 2. The van der Waals surface area contributed by atoms with Crippen molar-refractivity contribution >= 4 is 16.6 Å². The molecule has 1 fully saturated rings. The molecule has 0 spiro atoms. The lowest BCUT2D eigenvalue weighted by Crippen LogP contribution is -2.26. The standard InChI is InChI=1S/C21H22FN5/c1-13-7-15(8-17-10-26(2)25-20(13)17)16-9-18(22)21-24-19(12-27(21)11-16)14-3-5-23-6-4-14/h7-12,14,23H,3-6H2,1-2H3. The fraction of sp³-hybridized carbons (Fsp3) is 0.333. The first-order chi connectivity index (χ1) is 13.1. The molecule has 0 unspecified atom stereocenters. The van der Waals surface area contributed by atoms with E-state index in [2.05, 4.69) is 27.5 Å². The summed E-state index contributed by atoms with van der Waals surface area (Å²) < 4.78 is 18.5. The Morgan fingerprint density at radius 1 is 1.07 bits per heavy atom. The van der Waals surface area contributed by atoms with Crippen LogP contribution in [0.15, 0.2) is 36.8 Å². The van der Waals surface area contributed by atoms with Crippen molar-refractivity contribution in [2.75, 3.05) is 13.1 Å². The normalized spacial score (nSPS) is 15.8. The van der Waals surface area contributed by atoms with Crippen molar-refractivity contribution in [2.45, 2.75) is 25.7 Å². The zero-order valence-corrected chi connectivity index (χ0v) is 15.5. The molecule has 5 rings (SSSR count). The minimum Gasteiger partial charge on any atom is -0.317 e. The van der Waals surface area contributed by atoms with Gasteiger partial charge in [-0.2, -0.15) is 5.10 Å². The average Bonchev–Trinajstić information content (AvgIpc) is 3.26. The minimum absolute atomic E-state index is 0.281. The molecule has 1 saturated heterocycles. The third-order valence-corrected chi connectivity index (χ3v) is 5.53. The molecule has 4 heterocycles. The van der Waals surface area contributed by atoms with Gasteiger partial charge in [0.25, 0.3) is 0 Å². The number of imidazole rings is 1. The number of fused-ring (bicyclic) bond motifs is 2. The van der Waals surface area contributed by atoms with Crippen LogP contribution >= 0.6 is 0 Å². The van der Waals surface area contributed by atoms with Crippen molar-refractivity contribution < 1.29 is 4.39 Å². The monoisotopic (exact) mass is 363 g/mol. The van der Waals surface area contributed by atoms with Gasteiger partial charge in [-0.05, 0) is 62.2 Å². The maximum absolute atomic E-state index is 14.8. The highest BCUT2D eigenvalue weighted by Gasteiger charge is 2.19. The molecule has 138 valence electrons. The van der Waals surface area contributed by atoms with E-state index in [1.165, 1.54) is 0 Å². The Labute approximate surface area is 156 Å². The van der Waals surface area contributed by atoms with Gasteiger partial charge in [0.05, 0.1) is 11.2 Å². The van der Waals surface area contributed by atoms with E-state index in [9.17, 15) is 4.39 Å². The number of pyridine rings is 1. The van der Waals surface area contributed by atoms with E-state index < -0.39 is 0 Å². The molecule has 0 saturated carbocycles. The molecule has 27 heavy (non-hydrogen) atoms. The molecule has 0 radical (unpaired) electrons. The van der Waals surface area contributed by atoms with Crippen LogP contribution < -0.4 is 5.32 Å². The highest BCUT2D eigenvalue weighted by molar-refractivity contribution is 5.87. The summed E-state index contributed by atoms with van der Waals surface area (Å²) in [5.74, 6) is 0.125. The first-order valence-electron chi connectivity index (χ1n) is 9.42. The predicted molar refractivity (Wildman–Crippen MR) is 104 cm³/mol. The second-order valence-corrected chi connectivity index (χ2v) is 7.53. The molecule has 6 heteroatoms. The number of hydrogen-bond acceptors (Lipinski definition) is 3. The minimum atomic E-state index is -0.281. The second-order valence-electron chi connectivity index (χ2n) is 7.53. The summed E-state index contributed by atoms with van der Waals surface area (Å²) in [6.45, 7) is 4.04. The number of halogens is 1. The Balaban J connectivity index is 1.61. The van der Waals surface area contributed by atoms with Gasteiger partial charge in [-0.15, -0.1) is 0 Å². The second kappa shape index (κ2) is 6.16. The summed E-state index contributed by atoms with van der Waals surface area (Å²) in [6, 6.07) is 5.73. The Bertz CT molecular complexity index is 1150. The summed E-state index contributed by atoms with van der Waals surface area (Å²) in [6.07, 6.45) is 8.07. The fourth-order valence-electron chi connectivity index (χ4n) is 4.14. The molecular formula is C21H22FN5. The average molecular weight is 363 g/mol. The quantitative estimate of drug-likeness (QED) is 0.589. The van der Waals surface area contributed by atoms with Crippen molar-refractivity contribution in [2.24, 2.45) is 7.05 Å². The smallest absolute Gasteiger partial charge is 0.173 e. The Hall–Kier alpha value is -2.73. The van der Waals surface area contributed by atoms with Gasteiger partial charge in [0.2, 0.25) is 0 Å². The van der Waals surface area contributed by atoms with Gasteiger partial charge in [-0.3, -0.25) is 4.68 Å². The van der Waals surface area contributed by atoms with Crippen LogP contribution in [0.25, 0.3) is 27.7 Å². The Morgan fingerprint density at radius 3 is 2.70 bits per heavy atom. The molecule has 3 aromatic heterocycles. The van der Waals surface area contributed by atoms with Crippen molar-refractivity contribution in [3.8, 4) is 11.1 Å². The summed E-state index contributed by atoms with van der Waals surface area (Å²) >= 11 is 0. The summed E-state index contributed by atoms with van der Waals surface area (Å²) in [5.41, 5.74) is 5.31. The zero-order valence-electron chi connectivity index (χ0n) is 15.5.